The highest BCUT2D eigenvalue weighted by molar-refractivity contribution is 6.30. The Morgan fingerprint density at radius 3 is 2.63 bits per heavy atom. The monoisotopic (exact) mass is 384 g/mol. The average molecular weight is 385 g/mol. The molecule has 1 atom stereocenters. The molecule has 0 aliphatic rings. The number of para-hydroxylation sites is 1. The van der Waals surface area contributed by atoms with Gasteiger partial charge in [0.25, 0.3) is 5.56 Å². The van der Waals surface area contributed by atoms with E-state index in [1.165, 1.54) is 0 Å². The van der Waals surface area contributed by atoms with Gasteiger partial charge in [-0.05, 0) is 48.6 Å². The number of benzene rings is 2. The number of aromatic amines is 1. The molecule has 1 aromatic heterocycles. The first-order valence-corrected chi connectivity index (χ1v) is 9.09. The third-order valence-electron chi connectivity index (χ3n) is 4.55. The lowest BCUT2D eigenvalue weighted by atomic mass is 9.96. The fourth-order valence-corrected chi connectivity index (χ4v) is 3.02. The molecule has 1 unspecified atom stereocenters. The summed E-state index contributed by atoms with van der Waals surface area (Å²) >= 11 is 5.86. The predicted octanol–water partition coefficient (Wildman–Crippen LogP) is 3.14. The summed E-state index contributed by atoms with van der Waals surface area (Å²) in [5.41, 5.74) is 0.608. The molecule has 0 aliphatic heterocycles. The highest BCUT2D eigenvalue weighted by Gasteiger charge is 2.23. The Bertz CT molecular complexity index is 1010. The molecule has 3 rings (SSSR count). The van der Waals surface area contributed by atoms with Gasteiger partial charge in [0.05, 0.1) is 6.54 Å². The van der Waals surface area contributed by atoms with Crippen LogP contribution < -0.4 is 10.9 Å². The molecule has 140 valence electrons. The third-order valence-corrected chi connectivity index (χ3v) is 4.80. The van der Waals surface area contributed by atoms with E-state index in [9.17, 15) is 14.7 Å². The molecule has 0 radical (unpaired) electrons. The SMILES string of the molecule is CC(O)(CNC(=O)CCc1cc2ccccc2[nH]c1=O)c1ccc(Cl)cc1. The maximum Gasteiger partial charge on any atom is 0.251 e. The second-order valence-electron chi connectivity index (χ2n) is 6.77. The molecule has 5 nitrogen and oxygen atoms in total. The van der Waals surface area contributed by atoms with E-state index in [1.54, 1.807) is 31.2 Å². The zero-order chi connectivity index (χ0) is 19.4. The number of aryl methyl sites for hydroxylation is 1. The van der Waals surface area contributed by atoms with E-state index in [0.29, 0.717) is 22.6 Å². The first-order valence-electron chi connectivity index (χ1n) is 8.71. The number of hydrogen-bond acceptors (Lipinski definition) is 3. The average Bonchev–Trinajstić information content (AvgIpc) is 2.65. The first kappa shape index (κ1) is 19.1. The Morgan fingerprint density at radius 2 is 1.89 bits per heavy atom. The second-order valence-corrected chi connectivity index (χ2v) is 7.20. The van der Waals surface area contributed by atoms with Crippen molar-refractivity contribution in [2.24, 2.45) is 0 Å². The van der Waals surface area contributed by atoms with E-state index in [2.05, 4.69) is 10.3 Å². The van der Waals surface area contributed by atoms with Crippen LogP contribution in [0.15, 0.2) is 59.4 Å². The quantitative estimate of drug-likeness (QED) is 0.610. The smallest absolute Gasteiger partial charge is 0.251 e. The van der Waals surface area contributed by atoms with Gasteiger partial charge in [0.1, 0.15) is 5.60 Å². The van der Waals surface area contributed by atoms with Gasteiger partial charge in [0, 0.05) is 22.5 Å². The zero-order valence-corrected chi connectivity index (χ0v) is 15.7. The standard InChI is InChI=1S/C21H21ClN2O3/c1-21(27,16-7-9-17(22)10-8-16)13-23-19(25)11-6-15-12-14-4-2-3-5-18(14)24-20(15)26/h2-5,7-10,12,27H,6,11,13H2,1H3,(H,23,25)(H,24,26). The maximum atomic E-state index is 12.2. The van der Waals surface area contributed by atoms with Gasteiger partial charge in [0.2, 0.25) is 5.91 Å². The van der Waals surface area contributed by atoms with Crippen molar-refractivity contribution in [3.8, 4) is 0 Å². The molecule has 2 aromatic carbocycles. The van der Waals surface area contributed by atoms with Crippen molar-refractivity contribution in [2.45, 2.75) is 25.4 Å². The highest BCUT2D eigenvalue weighted by atomic mass is 35.5. The van der Waals surface area contributed by atoms with Crippen molar-refractivity contribution in [3.63, 3.8) is 0 Å². The number of hydrogen-bond donors (Lipinski definition) is 3. The number of halogens is 1. The van der Waals surface area contributed by atoms with Crippen LogP contribution in [-0.4, -0.2) is 22.5 Å². The minimum atomic E-state index is -1.21. The summed E-state index contributed by atoms with van der Waals surface area (Å²) in [6.07, 6.45) is 0.493. The van der Waals surface area contributed by atoms with Crippen LogP contribution in [0.3, 0.4) is 0 Å². The van der Waals surface area contributed by atoms with Crippen molar-refractivity contribution in [1.29, 1.82) is 0 Å². The van der Waals surface area contributed by atoms with Gasteiger partial charge in [-0.3, -0.25) is 9.59 Å². The number of carbonyl (C=O) groups excluding carboxylic acids is 1. The van der Waals surface area contributed by atoms with Crippen LogP contribution in [0.4, 0.5) is 0 Å². The number of nitrogens with one attached hydrogen (secondary N) is 2. The van der Waals surface area contributed by atoms with E-state index in [-0.39, 0.29) is 24.4 Å². The molecule has 3 aromatic rings. The van der Waals surface area contributed by atoms with Crippen LogP contribution in [-0.2, 0) is 16.8 Å². The van der Waals surface area contributed by atoms with Crippen LogP contribution >= 0.6 is 11.6 Å². The number of H-pyrrole nitrogens is 1. The summed E-state index contributed by atoms with van der Waals surface area (Å²) in [5, 5.41) is 14.8. The Kier molecular flexibility index (Phi) is 5.63. The van der Waals surface area contributed by atoms with Crippen LogP contribution in [0.25, 0.3) is 10.9 Å². The van der Waals surface area contributed by atoms with Crippen molar-refractivity contribution in [1.82, 2.24) is 10.3 Å². The molecular formula is C21H21ClN2O3. The number of amides is 1. The van der Waals surface area contributed by atoms with Crippen molar-refractivity contribution in [3.05, 3.63) is 81.1 Å². The minimum Gasteiger partial charge on any atom is -0.384 e. The lowest BCUT2D eigenvalue weighted by Crippen LogP contribution is -2.38. The Balaban J connectivity index is 1.59. The lowest BCUT2D eigenvalue weighted by Gasteiger charge is -2.24. The largest absolute Gasteiger partial charge is 0.384 e. The molecular weight excluding hydrogens is 364 g/mol. The number of aliphatic hydroxyl groups is 1. The Hall–Kier alpha value is -2.63. The maximum absolute atomic E-state index is 12.2. The van der Waals surface area contributed by atoms with E-state index < -0.39 is 5.60 Å². The van der Waals surface area contributed by atoms with E-state index in [4.69, 9.17) is 11.6 Å². The summed E-state index contributed by atoms with van der Waals surface area (Å²) in [6.45, 7) is 1.70. The van der Waals surface area contributed by atoms with Crippen LogP contribution in [0.2, 0.25) is 5.02 Å². The molecule has 0 saturated heterocycles. The Morgan fingerprint density at radius 1 is 1.19 bits per heavy atom. The van der Waals surface area contributed by atoms with E-state index in [1.807, 2.05) is 30.3 Å². The molecule has 1 heterocycles. The summed E-state index contributed by atoms with van der Waals surface area (Å²) in [4.78, 5) is 27.1. The fraction of sp³-hybridized carbons (Fsp3) is 0.238. The summed E-state index contributed by atoms with van der Waals surface area (Å²) in [7, 11) is 0. The van der Waals surface area contributed by atoms with Gasteiger partial charge < -0.3 is 15.4 Å². The van der Waals surface area contributed by atoms with Gasteiger partial charge in [0.15, 0.2) is 0 Å². The van der Waals surface area contributed by atoms with Crippen molar-refractivity contribution >= 4 is 28.4 Å². The fourth-order valence-electron chi connectivity index (χ4n) is 2.90. The van der Waals surface area contributed by atoms with Gasteiger partial charge in [-0.2, -0.15) is 0 Å². The van der Waals surface area contributed by atoms with Gasteiger partial charge in [-0.15, -0.1) is 0 Å². The van der Waals surface area contributed by atoms with Crippen molar-refractivity contribution in [2.75, 3.05) is 6.54 Å². The molecule has 1 amide bonds. The predicted molar refractivity (Wildman–Crippen MR) is 107 cm³/mol. The Labute approximate surface area is 162 Å². The van der Waals surface area contributed by atoms with Gasteiger partial charge in [-0.1, -0.05) is 41.9 Å². The van der Waals surface area contributed by atoms with E-state index in [0.717, 1.165) is 10.9 Å². The van der Waals surface area contributed by atoms with E-state index >= 15 is 0 Å². The molecule has 0 spiro atoms. The topological polar surface area (TPSA) is 82.2 Å². The number of fused-ring (bicyclic) bond motifs is 1. The third kappa shape index (κ3) is 4.76. The summed E-state index contributed by atoms with van der Waals surface area (Å²) in [6, 6.07) is 16.2. The zero-order valence-electron chi connectivity index (χ0n) is 15.0. The molecule has 27 heavy (non-hydrogen) atoms. The van der Waals surface area contributed by atoms with Crippen LogP contribution in [0.5, 0.6) is 0 Å². The van der Waals surface area contributed by atoms with Crippen molar-refractivity contribution < 1.29 is 9.90 Å². The number of aromatic nitrogens is 1. The molecule has 0 bridgehead atoms. The molecule has 0 saturated carbocycles. The van der Waals surface area contributed by atoms with Gasteiger partial charge >= 0.3 is 0 Å². The molecule has 6 heteroatoms. The second kappa shape index (κ2) is 7.94. The highest BCUT2D eigenvalue weighted by Crippen LogP contribution is 2.21. The first-order chi connectivity index (χ1) is 12.8. The minimum absolute atomic E-state index is 0.0710. The molecule has 0 aliphatic carbocycles. The number of carbonyl (C=O) groups is 1. The number of pyridine rings is 1. The molecule has 3 N–H and O–H groups in total. The summed E-state index contributed by atoms with van der Waals surface area (Å²) in [5.74, 6) is -0.225. The lowest BCUT2D eigenvalue weighted by molar-refractivity contribution is -0.122. The molecule has 0 fully saturated rings. The van der Waals surface area contributed by atoms with Crippen LogP contribution in [0, 0.1) is 0 Å². The van der Waals surface area contributed by atoms with Gasteiger partial charge in [-0.25, -0.2) is 0 Å². The normalized spacial score (nSPS) is 13.3. The van der Waals surface area contributed by atoms with Crippen LogP contribution in [0.1, 0.15) is 24.5 Å². The summed E-state index contributed by atoms with van der Waals surface area (Å²) < 4.78 is 0. The number of rotatable bonds is 6.